The van der Waals surface area contributed by atoms with E-state index in [1.165, 1.54) is 12.4 Å². The molecule has 1 unspecified atom stereocenters. The number of rotatable bonds is 4. The smallest absolute Gasteiger partial charge is 0.292 e. The molecule has 0 saturated carbocycles. The minimum Gasteiger partial charge on any atom is -0.392 e. The van der Waals surface area contributed by atoms with Gasteiger partial charge in [-0.3, -0.25) is 10.1 Å². The molecule has 1 aromatic carbocycles. The summed E-state index contributed by atoms with van der Waals surface area (Å²) in [6.45, 7) is 1.26. The molecule has 0 bridgehead atoms. The van der Waals surface area contributed by atoms with E-state index in [2.05, 4.69) is 10.1 Å². The number of aliphatic hydroxyl groups is 1. The van der Waals surface area contributed by atoms with Crippen molar-refractivity contribution in [1.29, 1.82) is 0 Å². The highest BCUT2D eigenvalue weighted by molar-refractivity contribution is 5.64. The van der Waals surface area contributed by atoms with E-state index in [0.717, 1.165) is 19.4 Å². The molecule has 1 fully saturated rings. The molecular weight excluding hydrogens is 286 g/mol. The van der Waals surface area contributed by atoms with Gasteiger partial charge in [0.1, 0.15) is 18.3 Å². The molecule has 0 aliphatic carbocycles. The van der Waals surface area contributed by atoms with E-state index < -0.39 is 0 Å². The Morgan fingerprint density at radius 1 is 1.45 bits per heavy atom. The molecule has 1 aromatic heterocycles. The van der Waals surface area contributed by atoms with E-state index >= 15 is 0 Å². The summed E-state index contributed by atoms with van der Waals surface area (Å²) >= 11 is 0. The van der Waals surface area contributed by atoms with Crippen molar-refractivity contribution in [1.82, 2.24) is 14.8 Å². The number of benzene rings is 1. The lowest BCUT2D eigenvalue weighted by Crippen LogP contribution is -2.37. The molecule has 3 rings (SSSR count). The van der Waals surface area contributed by atoms with Gasteiger partial charge in [-0.1, -0.05) is 0 Å². The summed E-state index contributed by atoms with van der Waals surface area (Å²) in [5.41, 5.74) is 1.29. The number of hydrogen-bond donors (Lipinski definition) is 1. The van der Waals surface area contributed by atoms with Crippen LogP contribution in [0.5, 0.6) is 0 Å². The standard InChI is InChI=1S/C14H17N5O3/c20-8-11-3-4-13(19(21)22)14(6-11)17-5-1-2-12(7-17)18-10-15-9-16-18/h3-4,6,9-10,12,20H,1-2,5,7-8H2. The lowest BCUT2D eigenvalue weighted by Gasteiger charge is -2.34. The highest BCUT2D eigenvalue weighted by atomic mass is 16.6. The van der Waals surface area contributed by atoms with Gasteiger partial charge in [-0.15, -0.1) is 0 Å². The van der Waals surface area contributed by atoms with Crippen molar-refractivity contribution in [3.63, 3.8) is 0 Å². The van der Waals surface area contributed by atoms with Gasteiger partial charge >= 0.3 is 0 Å². The van der Waals surface area contributed by atoms with Gasteiger partial charge in [0.2, 0.25) is 0 Å². The highest BCUT2D eigenvalue weighted by Gasteiger charge is 2.26. The summed E-state index contributed by atoms with van der Waals surface area (Å²) in [5, 5.41) is 24.7. The molecule has 1 aliphatic rings. The number of anilines is 1. The van der Waals surface area contributed by atoms with Crippen molar-refractivity contribution in [2.24, 2.45) is 0 Å². The Hall–Kier alpha value is -2.48. The fourth-order valence-corrected chi connectivity index (χ4v) is 2.87. The molecule has 0 radical (unpaired) electrons. The summed E-state index contributed by atoms with van der Waals surface area (Å²) in [6.07, 6.45) is 5.05. The maximum absolute atomic E-state index is 11.3. The Morgan fingerprint density at radius 3 is 3.00 bits per heavy atom. The average Bonchev–Trinajstić information content (AvgIpc) is 3.09. The number of nitro groups is 1. The van der Waals surface area contributed by atoms with Crippen LogP contribution in [-0.2, 0) is 6.61 Å². The van der Waals surface area contributed by atoms with Crippen molar-refractivity contribution < 1.29 is 10.0 Å². The Kier molecular flexibility index (Phi) is 4.01. The average molecular weight is 303 g/mol. The zero-order valence-electron chi connectivity index (χ0n) is 12.0. The van der Waals surface area contributed by atoms with Crippen molar-refractivity contribution >= 4 is 11.4 Å². The van der Waals surface area contributed by atoms with Crippen LogP contribution in [0.2, 0.25) is 0 Å². The van der Waals surface area contributed by atoms with Crippen molar-refractivity contribution in [3.05, 3.63) is 46.5 Å². The molecule has 1 aliphatic heterocycles. The molecule has 8 heteroatoms. The largest absolute Gasteiger partial charge is 0.392 e. The zero-order chi connectivity index (χ0) is 15.5. The van der Waals surface area contributed by atoms with Crippen LogP contribution >= 0.6 is 0 Å². The number of nitrogens with zero attached hydrogens (tertiary/aromatic N) is 5. The monoisotopic (exact) mass is 303 g/mol. The van der Waals surface area contributed by atoms with Gasteiger partial charge < -0.3 is 10.0 Å². The quantitative estimate of drug-likeness (QED) is 0.679. The molecule has 2 heterocycles. The molecule has 1 atom stereocenters. The Bertz CT molecular complexity index is 659. The van der Waals surface area contributed by atoms with Crippen molar-refractivity contribution in [2.75, 3.05) is 18.0 Å². The minimum atomic E-state index is -0.379. The molecule has 2 aromatic rings. The van der Waals surface area contributed by atoms with E-state index in [9.17, 15) is 15.2 Å². The van der Waals surface area contributed by atoms with Gasteiger partial charge in [-0.05, 0) is 30.5 Å². The van der Waals surface area contributed by atoms with Crippen LogP contribution in [-0.4, -0.2) is 37.9 Å². The Balaban J connectivity index is 1.90. The third-order valence-electron chi connectivity index (χ3n) is 3.97. The summed E-state index contributed by atoms with van der Waals surface area (Å²) in [4.78, 5) is 16.8. The summed E-state index contributed by atoms with van der Waals surface area (Å²) in [5.74, 6) is 0. The first-order valence-corrected chi connectivity index (χ1v) is 7.16. The van der Waals surface area contributed by atoms with Crippen LogP contribution in [0.3, 0.4) is 0 Å². The summed E-state index contributed by atoms with van der Waals surface area (Å²) < 4.78 is 1.80. The number of nitro benzene ring substituents is 1. The molecule has 1 N–H and O–H groups in total. The summed E-state index contributed by atoms with van der Waals surface area (Å²) in [7, 11) is 0. The van der Waals surface area contributed by atoms with E-state index in [0.29, 0.717) is 17.8 Å². The molecule has 22 heavy (non-hydrogen) atoms. The van der Waals surface area contributed by atoms with E-state index in [4.69, 9.17) is 0 Å². The lowest BCUT2D eigenvalue weighted by atomic mass is 10.0. The van der Waals surface area contributed by atoms with Gasteiger partial charge in [-0.2, -0.15) is 5.10 Å². The third kappa shape index (κ3) is 2.77. The Morgan fingerprint density at radius 2 is 2.32 bits per heavy atom. The molecular formula is C14H17N5O3. The maximum atomic E-state index is 11.3. The first-order valence-electron chi connectivity index (χ1n) is 7.16. The number of piperidine rings is 1. The molecule has 0 amide bonds. The van der Waals surface area contributed by atoms with Gasteiger partial charge in [0.15, 0.2) is 0 Å². The second kappa shape index (κ2) is 6.10. The zero-order valence-corrected chi connectivity index (χ0v) is 12.0. The first-order chi connectivity index (χ1) is 10.7. The van der Waals surface area contributed by atoms with Crippen LogP contribution in [0.15, 0.2) is 30.9 Å². The molecule has 8 nitrogen and oxygen atoms in total. The minimum absolute atomic E-state index is 0.0661. The van der Waals surface area contributed by atoms with Crippen molar-refractivity contribution in [2.45, 2.75) is 25.5 Å². The SMILES string of the molecule is O=[N+]([O-])c1ccc(CO)cc1N1CCCC(n2cncn2)C1. The first kappa shape index (κ1) is 14.5. The van der Waals surface area contributed by atoms with Gasteiger partial charge in [0.25, 0.3) is 5.69 Å². The fourth-order valence-electron chi connectivity index (χ4n) is 2.87. The van der Waals surface area contributed by atoms with Crippen molar-refractivity contribution in [3.8, 4) is 0 Å². The normalized spacial score (nSPS) is 18.4. The summed E-state index contributed by atoms with van der Waals surface area (Å²) in [6, 6.07) is 4.89. The van der Waals surface area contributed by atoms with Crippen LogP contribution in [0.4, 0.5) is 11.4 Å². The van der Waals surface area contributed by atoms with Gasteiger partial charge in [0.05, 0.1) is 17.6 Å². The van der Waals surface area contributed by atoms with Crippen LogP contribution in [0.25, 0.3) is 0 Å². The van der Waals surface area contributed by atoms with Crippen LogP contribution in [0.1, 0.15) is 24.4 Å². The topological polar surface area (TPSA) is 97.3 Å². The third-order valence-corrected chi connectivity index (χ3v) is 3.97. The second-order valence-corrected chi connectivity index (χ2v) is 5.36. The van der Waals surface area contributed by atoms with E-state index in [-0.39, 0.29) is 23.3 Å². The van der Waals surface area contributed by atoms with E-state index in [1.807, 2.05) is 4.90 Å². The van der Waals surface area contributed by atoms with Gasteiger partial charge in [0, 0.05) is 19.2 Å². The molecule has 1 saturated heterocycles. The Labute approximate surface area is 127 Å². The number of hydrogen-bond acceptors (Lipinski definition) is 6. The molecule has 116 valence electrons. The predicted octanol–water partition coefficient (Wildman–Crippen LogP) is 1.52. The number of aromatic nitrogens is 3. The number of aliphatic hydroxyl groups excluding tert-OH is 1. The lowest BCUT2D eigenvalue weighted by molar-refractivity contribution is -0.384. The van der Waals surface area contributed by atoms with Crippen LogP contribution < -0.4 is 4.90 Å². The second-order valence-electron chi connectivity index (χ2n) is 5.36. The highest BCUT2D eigenvalue weighted by Crippen LogP contribution is 2.33. The van der Waals surface area contributed by atoms with E-state index in [1.54, 1.807) is 23.1 Å². The van der Waals surface area contributed by atoms with Gasteiger partial charge in [-0.25, -0.2) is 9.67 Å². The van der Waals surface area contributed by atoms with Crippen LogP contribution in [0, 0.1) is 10.1 Å². The fraction of sp³-hybridized carbons (Fsp3) is 0.429. The maximum Gasteiger partial charge on any atom is 0.292 e. The molecule has 0 spiro atoms. The predicted molar refractivity (Wildman–Crippen MR) is 79.5 cm³/mol.